The number of para-hydroxylation sites is 1. The van der Waals surface area contributed by atoms with E-state index in [0.29, 0.717) is 35.0 Å². The number of rotatable bonds is 14. The number of fused-ring (bicyclic) bond motifs is 1. The first kappa shape index (κ1) is 45.2. The Balaban J connectivity index is 0.923. The lowest BCUT2D eigenvalue weighted by Gasteiger charge is -2.33. The minimum absolute atomic E-state index is 0.0721. The molecule has 3 aliphatic rings. The van der Waals surface area contributed by atoms with Crippen LogP contribution in [0.2, 0.25) is 5.02 Å². The van der Waals surface area contributed by atoms with Crippen LogP contribution in [0.4, 0.5) is 23.1 Å². The first-order valence-corrected chi connectivity index (χ1v) is 23.3. The summed E-state index contributed by atoms with van der Waals surface area (Å²) in [7, 11) is -3.58. The maximum absolute atomic E-state index is 13.2. The van der Waals surface area contributed by atoms with Crippen molar-refractivity contribution in [1.82, 2.24) is 25.1 Å². The molecule has 3 N–H and O–H groups in total. The number of unbranched alkanes of at least 4 members (excludes halogenated alkanes) is 2. The summed E-state index contributed by atoms with van der Waals surface area (Å²) < 4.78 is 32.5. The SMILES string of the molecule is Cc1cc(Nc2ncc(Cl)c(Nc3ccccc3S(=O)(=O)C(C)C)n2)c(OC(C)C)cc1C1CCN(CCCCC#Cc2ccc3c(c2)C(=O)N(C2CCC(=O)NC2=O)C3=O)CC1. The molecule has 2 saturated heterocycles. The number of carbonyl (C=O) groups is 4. The molecule has 330 valence electrons. The van der Waals surface area contributed by atoms with Crippen LogP contribution < -0.4 is 20.7 Å². The van der Waals surface area contributed by atoms with Crippen LogP contribution in [0.25, 0.3) is 0 Å². The lowest BCUT2D eigenvalue weighted by molar-refractivity contribution is -0.136. The van der Waals surface area contributed by atoms with E-state index >= 15 is 0 Å². The summed E-state index contributed by atoms with van der Waals surface area (Å²) in [6, 6.07) is 14.8. The highest BCUT2D eigenvalue weighted by Crippen LogP contribution is 2.39. The third kappa shape index (κ3) is 10.2. The molecular weight excluding hydrogens is 842 g/mol. The molecule has 3 aliphatic heterocycles. The minimum atomic E-state index is -3.58. The van der Waals surface area contributed by atoms with Crippen LogP contribution in [0.15, 0.2) is 65.7 Å². The standard InChI is InChI=1S/C47H52ClN7O7S/c1-28(2)62-40-26-34(30(5)24-38(40)51-47-49-27-36(48)43(53-47)50-37-13-9-10-14-41(37)63(60,61)29(3)4)32-19-22-54(23-20-32)21-11-7-6-8-12-31-15-16-33-35(25-31)46(59)55(45(33)58)39-17-18-42(56)52-44(39)57/h9-10,13-16,24-29,32,39H,6-7,11,17-23H2,1-5H3,(H,52,56,57)(H2,49,50,51,53). The normalized spacial score (nSPS) is 17.1. The van der Waals surface area contributed by atoms with Gasteiger partial charge in [-0.3, -0.25) is 29.4 Å². The van der Waals surface area contributed by atoms with Crippen molar-refractivity contribution in [3.8, 4) is 17.6 Å². The molecule has 4 amide bonds. The number of nitrogens with zero attached hydrogens (tertiary/aromatic N) is 4. The van der Waals surface area contributed by atoms with Crippen LogP contribution in [-0.4, -0.2) is 88.8 Å². The minimum Gasteiger partial charge on any atom is -0.489 e. The van der Waals surface area contributed by atoms with E-state index in [-0.39, 0.29) is 51.8 Å². The number of hydrogen-bond donors (Lipinski definition) is 3. The van der Waals surface area contributed by atoms with E-state index in [9.17, 15) is 27.6 Å². The van der Waals surface area contributed by atoms with Crippen LogP contribution >= 0.6 is 11.6 Å². The molecule has 16 heteroatoms. The van der Waals surface area contributed by atoms with Gasteiger partial charge in [0.1, 0.15) is 16.8 Å². The highest BCUT2D eigenvalue weighted by Gasteiger charge is 2.44. The van der Waals surface area contributed by atoms with Gasteiger partial charge in [-0.25, -0.2) is 13.4 Å². The third-order valence-corrected chi connectivity index (χ3v) is 14.0. The molecule has 2 fully saturated rings. The van der Waals surface area contributed by atoms with Crippen LogP contribution in [0.3, 0.4) is 0 Å². The van der Waals surface area contributed by atoms with E-state index in [1.165, 1.54) is 11.8 Å². The summed E-state index contributed by atoms with van der Waals surface area (Å²) >= 11 is 6.51. The fourth-order valence-corrected chi connectivity index (χ4v) is 9.50. The number of benzene rings is 3. The average molecular weight is 894 g/mol. The molecule has 0 spiro atoms. The van der Waals surface area contributed by atoms with Crippen LogP contribution in [0.5, 0.6) is 5.75 Å². The Morgan fingerprint density at radius 2 is 1.67 bits per heavy atom. The van der Waals surface area contributed by atoms with Crippen molar-refractivity contribution >= 4 is 68.2 Å². The van der Waals surface area contributed by atoms with E-state index in [2.05, 4.69) is 61.7 Å². The molecule has 63 heavy (non-hydrogen) atoms. The van der Waals surface area contributed by atoms with E-state index in [1.807, 2.05) is 13.8 Å². The Labute approximate surface area is 373 Å². The topological polar surface area (TPSA) is 180 Å². The lowest BCUT2D eigenvalue weighted by Crippen LogP contribution is -2.54. The largest absolute Gasteiger partial charge is 0.489 e. The fourth-order valence-electron chi connectivity index (χ4n) is 8.16. The van der Waals surface area contributed by atoms with Gasteiger partial charge < -0.3 is 20.3 Å². The molecule has 0 bridgehead atoms. The summed E-state index contributed by atoms with van der Waals surface area (Å²) in [5, 5.41) is 8.27. The maximum atomic E-state index is 13.2. The van der Waals surface area contributed by atoms with Crippen molar-refractivity contribution in [2.75, 3.05) is 30.3 Å². The van der Waals surface area contributed by atoms with Crippen molar-refractivity contribution in [3.63, 3.8) is 0 Å². The van der Waals surface area contributed by atoms with E-state index in [1.54, 1.807) is 56.3 Å². The summed E-state index contributed by atoms with van der Waals surface area (Å²) in [6.45, 7) is 12.3. The molecule has 0 aliphatic carbocycles. The van der Waals surface area contributed by atoms with Crippen molar-refractivity contribution in [3.05, 3.63) is 93.6 Å². The number of anilines is 4. The molecule has 14 nitrogen and oxygen atoms in total. The number of sulfone groups is 1. The Hall–Kier alpha value is -5.82. The second kappa shape index (κ2) is 19.3. The van der Waals surface area contributed by atoms with Crippen molar-refractivity contribution < 1.29 is 32.3 Å². The van der Waals surface area contributed by atoms with E-state index < -0.39 is 44.8 Å². The van der Waals surface area contributed by atoms with Gasteiger partial charge in [0, 0.05) is 18.4 Å². The monoisotopic (exact) mass is 893 g/mol. The van der Waals surface area contributed by atoms with E-state index in [0.717, 1.165) is 55.8 Å². The first-order valence-electron chi connectivity index (χ1n) is 21.4. The Bertz CT molecular complexity index is 2620. The molecule has 0 radical (unpaired) electrons. The average Bonchev–Trinajstić information content (AvgIpc) is 3.49. The summed E-state index contributed by atoms with van der Waals surface area (Å²) in [6.07, 6.45) is 6.20. The molecule has 1 unspecified atom stereocenters. The van der Waals surface area contributed by atoms with Gasteiger partial charge >= 0.3 is 0 Å². The number of halogens is 1. The van der Waals surface area contributed by atoms with Crippen molar-refractivity contribution in [2.24, 2.45) is 0 Å². The zero-order valence-electron chi connectivity index (χ0n) is 36.1. The van der Waals surface area contributed by atoms with Gasteiger partial charge in [0.2, 0.25) is 17.8 Å². The third-order valence-electron chi connectivity index (χ3n) is 11.5. The highest BCUT2D eigenvalue weighted by atomic mass is 35.5. The van der Waals surface area contributed by atoms with Gasteiger partial charge in [-0.1, -0.05) is 35.6 Å². The second-order valence-electron chi connectivity index (χ2n) is 16.7. The number of imide groups is 2. The zero-order valence-corrected chi connectivity index (χ0v) is 37.7. The Kier molecular flexibility index (Phi) is 13.8. The van der Waals surface area contributed by atoms with Gasteiger partial charge in [-0.05, 0) is 146 Å². The number of aryl methyl sites for hydroxylation is 1. The van der Waals surface area contributed by atoms with Gasteiger partial charge in [-0.2, -0.15) is 4.98 Å². The lowest BCUT2D eigenvalue weighted by atomic mass is 9.86. The maximum Gasteiger partial charge on any atom is 0.262 e. The highest BCUT2D eigenvalue weighted by molar-refractivity contribution is 7.92. The Morgan fingerprint density at radius 1 is 0.921 bits per heavy atom. The molecule has 1 atom stereocenters. The van der Waals surface area contributed by atoms with Crippen molar-refractivity contribution in [2.45, 2.75) is 108 Å². The summed E-state index contributed by atoms with van der Waals surface area (Å²) in [4.78, 5) is 62.8. The molecule has 7 rings (SSSR count). The number of carbonyl (C=O) groups excluding carboxylic acids is 4. The fraction of sp³-hybridized carbons (Fsp3) is 0.404. The number of ether oxygens (including phenoxy) is 1. The summed E-state index contributed by atoms with van der Waals surface area (Å²) in [5.41, 5.74) is 4.54. The molecule has 1 aromatic heterocycles. The van der Waals surface area contributed by atoms with E-state index in [4.69, 9.17) is 16.3 Å². The quantitative estimate of drug-likeness (QED) is 0.0639. The van der Waals surface area contributed by atoms with Gasteiger partial charge in [0.15, 0.2) is 15.7 Å². The molecular formula is C47H52ClN7O7S. The molecule has 3 aromatic carbocycles. The van der Waals surface area contributed by atoms with Crippen LogP contribution in [0.1, 0.15) is 116 Å². The van der Waals surface area contributed by atoms with Gasteiger partial charge in [-0.15, -0.1) is 0 Å². The molecule has 4 aromatic rings. The predicted octanol–water partition coefficient (Wildman–Crippen LogP) is 7.70. The van der Waals surface area contributed by atoms with Crippen molar-refractivity contribution in [1.29, 1.82) is 0 Å². The van der Waals surface area contributed by atoms with Crippen LogP contribution in [0, 0.1) is 18.8 Å². The molecule has 0 saturated carbocycles. The van der Waals surface area contributed by atoms with Gasteiger partial charge in [0.05, 0.1) is 44.9 Å². The first-order chi connectivity index (χ1) is 30.1. The summed E-state index contributed by atoms with van der Waals surface area (Å²) in [5.74, 6) is 5.80. The number of piperidine rings is 2. The number of likely N-dealkylation sites (tertiary alicyclic amines) is 1. The number of amides is 4. The smallest absolute Gasteiger partial charge is 0.262 e. The zero-order chi connectivity index (χ0) is 45.0. The van der Waals surface area contributed by atoms with Gasteiger partial charge in [0.25, 0.3) is 11.8 Å². The van der Waals surface area contributed by atoms with Crippen LogP contribution in [-0.2, 0) is 19.4 Å². The number of nitrogens with one attached hydrogen (secondary N) is 3. The molecule has 4 heterocycles. The number of hydrogen-bond acceptors (Lipinski definition) is 12. The second-order valence-corrected chi connectivity index (χ2v) is 19.6. The predicted molar refractivity (Wildman–Crippen MR) is 242 cm³/mol. The number of aromatic nitrogens is 2. The Morgan fingerprint density at radius 3 is 2.40 bits per heavy atom.